The van der Waals surface area contributed by atoms with Gasteiger partial charge in [0.05, 0.1) is 11.9 Å². The molecule has 0 aliphatic rings. The van der Waals surface area contributed by atoms with E-state index in [-0.39, 0.29) is 5.88 Å². The lowest BCUT2D eigenvalue weighted by molar-refractivity contribution is 0.0142. The highest BCUT2D eigenvalue weighted by Gasteiger charge is 2.39. The Morgan fingerprint density at radius 1 is 1.50 bits per heavy atom. The number of nitrogens with zero attached hydrogens (tertiary/aromatic N) is 1. The first-order valence-electron chi connectivity index (χ1n) is 3.07. The van der Waals surface area contributed by atoms with Crippen LogP contribution in [0, 0.1) is 16.7 Å². The van der Waals surface area contributed by atoms with E-state index in [4.69, 9.17) is 16.9 Å². The van der Waals surface area contributed by atoms with Gasteiger partial charge in [0.1, 0.15) is 0 Å². The van der Waals surface area contributed by atoms with Gasteiger partial charge in [-0.05, 0) is 0 Å². The molecule has 0 heterocycles. The lowest BCUT2D eigenvalue weighted by atomic mass is 9.79. The number of hydrogen-bond donors (Lipinski definition) is 1. The van der Waals surface area contributed by atoms with Gasteiger partial charge in [-0.25, -0.2) is 0 Å². The Bertz CT molecular complexity index is 156. The maximum absolute atomic E-state index is 9.47. The van der Waals surface area contributed by atoms with Crippen LogP contribution in [-0.2, 0) is 0 Å². The fourth-order valence-corrected chi connectivity index (χ4v) is 0.859. The first-order chi connectivity index (χ1) is 4.37. The standard InChI is InChI=1S/C7H12ClNO/c1-6(2,3)7(10,4-8)5-9/h10H,4H2,1-3H3. The molecule has 3 heteroatoms. The molecule has 0 rings (SSSR count). The van der Waals surface area contributed by atoms with E-state index in [0.717, 1.165) is 0 Å². The summed E-state index contributed by atoms with van der Waals surface area (Å²) in [7, 11) is 0. The first kappa shape index (κ1) is 9.74. The smallest absolute Gasteiger partial charge is 0.169 e. The molecule has 10 heavy (non-hydrogen) atoms. The van der Waals surface area contributed by atoms with Crippen LogP contribution >= 0.6 is 11.6 Å². The number of rotatable bonds is 1. The van der Waals surface area contributed by atoms with E-state index in [2.05, 4.69) is 0 Å². The van der Waals surface area contributed by atoms with Crippen LogP contribution in [0.4, 0.5) is 0 Å². The van der Waals surface area contributed by atoms with Gasteiger partial charge in [0.2, 0.25) is 0 Å². The quantitative estimate of drug-likeness (QED) is 0.468. The van der Waals surface area contributed by atoms with Crippen molar-refractivity contribution in [2.45, 2.75) is 26.4 Å². The van der Waals surface area contributed by atoms with Gasteiger partial charge in [-0.3, -0.25) is 0 Å². The molecule has 0 aromatic carbocycles. The maximum Gasteiger partial charge on any atom is 0.169 e. The van der Waals surface area contributed by atoms with Crippen LogP contribution in [0.3, 0.4) is 0 Å². The summed E-state index contributed by atoms with van der Waals surface area (Å²) >= 11 is 5.42. The molecule has 2 nitrogen and oxygen atoms in total. The number of hydrogen-bond acceptors (Lipinski definition) is 2. The normalized spacial score (nSPS) is 17.6. The van der Waals surface area contributed by atoms with Crippen molar-refractivity contribution in [2.24, 2.45) is 5.41 Å². The van der Waals surface area contributed by atoms with Crippen molar-refractivity contribution in [1.82, 2.24) is 0 Å². The van der Waals surface area contributed by atoms with Gasteiger partial charge in [-0.15, -0.1) is 11.6 Å². The molecule has 0 aromatic rings. The van der Waals surface area contributed by atoms with Crippen LogP contribution in [0.2, 0.25) is 0 Å². The highest BCUT2D eigenvalue weighted by Crippen LogP contribution is 2.30. The van der Waals surface area contributed by atoms with Gasteiger partial charge in [-0.2, -0.15) is 5.26 Å². The first-order valence-corrected chi connectivity index (χ1v) is 3.60. The Balaban J connectivity index is 4.54. The fourth-order valence-electron chi connectivity index (χ4n) is 0.398. The third-order valence-corrected chi connectivity index (χ3v) is 2.01. The fraction of sp³-hybridized carbons (Fsp3) is 0.857. The number of alkyl halides is 1. The molecule has 0 fully saturated rings. The topological polar surface area (TPSA) is 44.0 Å². The molecule has 1 atom stereocenters. The Morgan fingerprint density at radius 3 is 1.90 bits per heavy atom. The predicted molar refractivity (Wildman–Crippen MR) is 40.7 cm³/mol. The highest BCUT2D eigenvalue weighted by atomic mass is 35.5. The van der Waals surface area contributed by atoms with Gasteiger partial charge in [0, 0.05) is 5.41 Å². The average Bonchev–Trinajstić information content (AvgIpc) is 1.84. The van der Waals surface area contributed by atoms with Crippen LogP contribution in [0.1, 0.15) is 20.8 Å². The summed E-state index contributed by atoms with van der Waals surface area (Å²) in [6.45, 7) is 5.33. The molecule has 0 aliphatic carbocycles. The van der Waals surface area contributed by atoms with Crippen molar-refractivity contribution < 1.29 is 5.11 Å². The molecular formula is C7H12ClNO. The van der Waals surface area contributed by atoms with Gasteiger partial charge in [0.15, 0.2) is 5.60 Å². The van der Waals surface area contributed by atoms with E-state index in [0.29, 0.717) is 0 Å². The Labute approximate surface area is 66.4 Å². The number of halogens is 1. The van der Waals surface area contributed by atoms with E-state index in [1.54, 1.807) is 26.8 Å². The van der Waals surface area contributed by atoms with Crippen molar-refractivity contribution in [3.8, 4) is 6.07 Å². The van der Waals surface area contributed by atoms with Crippen LogP contribution in [0.15, 0.2) is 0 Å². The molecule has 58 valence electrons. The van der Waals surface area contributed by atoms with Crippen LogP contribution in [0.25, 0.3) is 0 Å². The van der Waals surface area contributed by atoms with Gasteiger partial charge >= 0.3 is 0 Å². The lowest BCUT2D eigenvalue weighted by Crippen LogP contribution is -2.43. The molecular weight excluding hydrogens is 150 g/mol. The summed E-state index contributed by atoms with van der Waals surface area (Å²) in [5.74, 6) is -0.0486. The second kappa shape index (κ2) is 2.77. The molecule has 0 aliphatic heterocycles. The Morgan fingerprint density at radius 2 is 1.90 bits per heavy atom. The van der Waals surface area contributed by atoms with Gasteiger partial charge in [0.25, 0.3) is 0 Å². The van der Waals surface area contributed by atoms with Crippen molar-refractivity contribution in [3.63, 3.8) is 0 Å². The van der Waals surface area contributed by atoms with Crippen molar-refractivity contribution >= 4 is 11.6 Å². The summed E-state index contributed by atoms with van der Waals surface area (Å²) in [6, 6.07) is 1.79. The summed E-state index contributed by atoms with van der Waals surface area (Å²) in [5.41, 5.74) is -1.89. The summed E-state index contributed by atoms with van der Waals surface area (Å²) in [4.78, 5) is 0. The largest absolute Gasteiger partial charge is 0.374 e. The summed E-state index contributed by atoms with van der Waals surface area (Å²) in [6.07, 6.45) is 0. The van der Waals surface area contributed by atoms with Crippen molar-refractivity contribution in [3.05, 3.63) is 0 Å². The minimum atomic E-state index is -1.41. The van der Waals surface area contributed by atoms with E-state index < -0.39 is 11.0 Å². The Kier molecular flexibility index (Phi) is 2.70. The van der Waals surface area contributed by atoms with Gasteiger partial charge in [-0.1, -0.05) is 20.8 Å². The van der Waals surface area contributed by atoms with E-state index in [1.165, 1.54) is 0 Å². The molecule has 0 aromatic heterocycles. The molecule has 1 unspecified atom stereocenters. The second-order valence-electron chi connectivity index (χ2n) is 3.36. The van der Waals surface area contributed by atoms with E-state index >= 15 is 0 Å². The summed E-state index contributed by atoms with van der Waals surface area (Å²) in [5, 5.41) is 18.0. The van der Waals surface area contributed by atoms with E-state index in [9.17, 15) is 5.11 Å². The number of nitriles is 1. The minimum absolute atomic E-state index is 0.0486. The average molecular weight is 162 g/mol. The van der Waals surface area contributed by atoms with Crippen LogP contribution < -0.4 is 0 Å². The van der Waals surface area contributed by atoms with Crippen LogP contribution in [-0.4, -0.2) is 16.6 Å². The third kappa shape index (κ3) is 1.62. The zero-order valence-electron chi connectivity index (χ0n) is 6.48. The van der Waals surface area contributed by atoms with E-state index in [1.807, 2.05) is 0 Å². The van der Waals surface area contributed by atoms with Crippen molar-refractivity contribution in [1.29, 1.82) is 5.26 Å². The molecule has 1 N–H and O–H groups in total. The molecule has 0 spiro atoms. The molecule has 0 amide bonds. The highest BCUT2D eigenvalue weighted by molar-refractivity contribution is 6.18. The second-order valence-corrected chi connectivity index (χ2v) is 3.62. The minimum Gasteiger partial charge on any atom is -0.374 e. The monoisotopic (exact) mass is 161 g/mol. The zero-order valence-corrected chi connectivity index (χ0v) is 7.24. The zero-order chi connectivity index (χ0) is 8.41. The lowest BCUT2D eigenvalue weighted by Gasteiger charge is -2.31. The van der Waals surface area contributed by atoms with Crippen molar-refractivity contribution in [2.75, 3.05) is 5.88 Å². The maximum atomic E-state index is 9.47. The summed E-state index contributed by atoms with van der Waals surface area (Å²) < 4.78 is 0. The molecule has 0 radical (unpaired) electrons. The third-order valence-electron chi connectivity index (χ3n) is 1.62. The van der Waals surface area contributed by atoms with Crippen LogP contribution in [0.5, 0.6) is 0 Å². The predicted octanol–water partition coefficient (Wildman–Crippen LogP) is 1.53. The molecule has 0 saturated heterocycles. The molecule has 0 bridgehead atoms. The van der Waals surface area contributed by atoms with Gasteiger partial charge < -0.3 is 5.11 Å². The SMILES string of the molecule is CC(C)(C)C(O)(C#N)CCl. The number of aliphatic hydroxyl groups is 1. The Hall–Kier alpha value is -0.260. The molecule has 0 saturated carbocycles.